The van der Waals surface area contributed by atoms with Crippen LogP contribution in [0.25, 0.3) is 0 Å². The molecule has 7 heteroatoms. The molecule has 0 unspecified atom stereocenters. The second kappa shape index (κ2) is 9.50. The van der Waals surface area contributed by atoms with Crippen LogP contribution >= 0.6 is 0 Å². The molecule has 0 atom stereocenters. The summed E-state index contributed by atoms with van der Waals surface area (Å²) in [6.07, 6.45) is 2.77. The molecular formula is C21H14FeN2O4+2. The van der Waals surface area contributed by atoms with Gasteiger partial charge in [-0.05, 0) is 29.3 Å². The summed E-state index contributed by atoms with van der Waals surface area (Å²) < 4.78 is 0. The molecule has 0 saturated heterocycles. The Morgan fingerprint density at radius 3 is 1.79 bits per heavy atom. The van der Waals surface area contributed by atoms with Crippen molar-refractivity contribution in [3.8, 4) is 11.5 Å². The van der Waals surface area contributed by atoms with E-state index in [-0.39, 0.29) is 39.8 Å². The number of carboxylic acid groups (broad SMARTS) is 1. The van der Waals surface area contributed by atoms with Crippen LogP contribution in [0.15, 0.2) is 76.7 Å². The standard InChI is InChI=1S/C21H16N2O4.Fe/c24-19-7-3-1-5-15(19)12-22-17-10-9-14(21(26)27)11-18(17)23-13-16-6-2-4-8-20(16)25;/h1-13,24-25H,(H,26,27);/q;+4/p-2. The molecule has 3 rings (SSSR count). The van der Waals surface area contributed by atoms with Gasteiger partial charge in [0.15, 0.2) is 0 Å². The first-order valence-corrected chi connectivity index (χ1v) is 8.02. The van der Waals surface area contributed by atoms with E-state index >= 15 is 0 Å². The summed E-state index contributed by atoms with van der Waals surface area (Å²) in [6, 6.07) is 17.1. The third-order valence-corrected chi connectivity index (χ3v) is 3.75. The Hall–Kier alpha value is -3.41. The molecule has 0 aliphatic carbocycles. The van der Waals surface area contributed by atoms with Crippen molar-refractivity contribution in [1.82, 2.24) is 0 Å². The first kappa shape index (κ1) is 20.9. The average molecular weight is 414 g/mol. The van der Waals surface area contributed by atoms with E-state index in [1.807, 2.05) is 0 Å². The van der Waals surface area contributed by atoms with E-state index in [9.17, 15) is 20.1 Å². The zero-order valence-corrected chi connectivity index (χ0v) is 15.5. The summed E-state index contributed by atoms with van der Waals surface area (Å²) in [5.74, 6) is -1.47. The smallest absolute Gasteiger partial charge is 0.872 e. The normalized spacial score (nSPS) is 10.9. The Morgan fingerprint density at radius 1 is 0.786 bits per heavy atom. The molecule has 0 spiro atoms. The molecule has 1 N–H and O–H groups in total. The number of aliphatic imine (C=N–C) groups is 2. The molecule has 0 amide bonds. The van der Waals surface area contributed by atoms with Crippen LogP contribution in [0.4, 0.5) is 11.4 Å². The van der Waals surface area contributed by atoms with Crippen LogP contribution in [0.3, 0.4) is 0 Å². The maximum atomic E-state index is 11.8. The number of benzene rings is 3. The Balaban J connectivity index is 0.00000280. The van der Waals surface area contributed by atoms with E-state index < -0.39 is 5.97 Å². The SMILES string of the molecule is O=C(O)c1ccc(N=Cc2ccccc2[O-])c(N=Cc2ccccc2[O-])c1.[Fe+4]. The van der Waals surface area contributed by atoms with E-state index in [4.69, 9.17) is 0 Å². The fraction of sp³-hybridized carbons (Fsp3) is 0. The molecule has 0 aliphatic heterocycles. The van der Waals surface area contributed by atoms with Gasteiger partial charge in [-0.2, -0.15) is 0 Å². The number of aromatic carboxylic acids is 1. The van der Waals surface area contributed by atoms with Crippen molar-refractivity contribution in [1.29, 1.82) is 0 Å². The zero-order valence-electron chi connectivity index (χ0n) is 14.4. The Morgan fingerprint density at radius 2 is 1.29 bits per heavy atom. The Bertz CT molecular complexity index is 1050. The maximum absolute atomic E-state index is 11.8. The summed E-state index contributed by atoms with van der Waals surface area (Å²) in [5.41, 5.74) is 1.47. The summed E-state index contributed by atoms with van der Waals surface area (Å²) in [6.45, 7) is 0. The largest absolute Gasteiger partial charge is 4.00 e. The second-order valence-corrected chi connectivity index (χ2v) is 5.60. The molecular weight excluding hydrogens is 400 g/mol. The Labute approximate surface area is 172 Å². The quantitative estimate of drug-likeness (QED) is 0.511. The molecule has 0 fully saturated rings. The van der Waals surface area contributed by atoms with Crippen LogP contribution in [-0.4, -0.2) is 23.5 Å². The molecule has 0 aliphatic rings. The molecule has 3 aromatic carbocycles. The summed E-state index contributed by atoms with van der Waals surface area (Å²) in [7, 11) is 0. The van der Waals surface area contributed by atoms with Gasteiger partial charge in [0.1, 0.15) is 0 Å². The summed E-state index contributed by atoms with van der Waals surface area (Å²) >= 11 is 0. The van der Waals surface area contributed by atoms with Gasteiger partial charge in [-0.3, -0.25) is 9.98 Å². The van der Waals surface area contributed by atoms with Gasteiger partial charge >= 0.3 is 23.0 Å². The fourth-order valence-corrected chi connectivity index (χ4v) is 2.32. The zero-order chi connectivity index (χ0) is 19.2. The number of carboxylic acids is 1. The number of hydrogen-bond donors (Lipinski definition) is 1. The van der Waals surface area contributed by atoms with Gasteiger partial charge in [0, 0.05) is 12.4 Å². The van der Waals surface area contributed by atoms with Gasteiger partial charge in [-0.15, -0.1) is 11.5 Å². The summed E-state index contributed by atoms with van der Waals surface area (Å²) in [5, 5.41) is 32.8. The first-order valence-electron chi connectivity index (χ1n) is 8.02. The topological polar surface area (TPSA) is 108 Å². The van der Waals surface area contributed by atoms with Crippen LogP contribution in [-0.2, 0) is 17.1 Å². The van der Waals surface area contributed by atoms with E-state index in [2.05, 4.69) is 9.98 Å². The first-order chi connectivity index (χ1) is 13.0. The molecule has 0 saturated carbocycles. The molecule has 0 bridgehead atoms. The molecule has 0 heterocycles. The van der Waals surface area contributed by atoms with Crippen molar-refractivity contribution in [3.05, 3.63) is 83.4 Å². The Kier molecular flexibility index (Phi) is 7.09. The monoisotopic (exact) mass is 414 g/mol. The minimum Gasteiger partial charge on any atom is -0.872 e. The van der Waals surface area contributed by atoms with Crippen LogP contribution in [0.1, 0.15) is 21.5 Å². The van der Waals surface area contributed by atoms with Crippen molar-refractivity contribution in [2.45, 2.75) is 0 Å². The molecule has 6 nitrogen and oxygen atoms in total. The minimum absolute atomic E-state index is 0. The fourth-order valence-electron chi connectivity index (χ4n) is 2.32. The van der Waals surface area contributed by atoms with Crippen LogP contribution in [0.5, 0.6) is 11.5 Å². The van der Waals surface area contributed by atoms with Crippen molar-refractivity contribution in [2.24, 2.45) is 9.98 Å². The molecule has 138 valence electrons. The van der Waals surface area contributed by atoms with Crippen molar-refractivity contribution >= 4 is 29.8 Å². The van der Waals surface area contributed by atoms with E-state index in [1.54, 1.807) is 36.4 Å². The predicted molar refractivity (Wildman–Crippen MR) is 99.7 cm³/mol. The van der Waals surface area contributed by atoms with Crippen molar-refractivity contribution in [2.75, 3.05) is 0 Å². The van der Waals surface area contributed by atoms with Crippen LogP contribution < -0.4 is 10.2 Å². The second-order valence-electron chi connectivity index (χ2n) is 5.60. The number of rotatable bonds is 5. The number of hydrogen-bond acceptors (Lipinski definition) is 5. The van der Waals surface area contributed by atoms with Gasteiger partial charge in [-0.1, -0.05) is 48.5 Å². The average Bonchev–Trinajstić information content (AvgIpc) is 2.67. The van der Waals surface area contributed by atoms with Gasteiger partial charge in [-0.25, -0.2) is 4.79 Å². The van der Waals surface area contributed by atoms with Crippen LogP contribution in [0, 0.1) is 0 Å². The van der Waals surface area contributed by atoms with Gasteiger partial charge in [0.05, 0.1) is 16.9 Å². The van der Waals surface area contributed by atoms with E-state index in [0.717, 1.165) is 0 Å². The maximum Gasteiger partial charge on any atom is 4.00 e. The van der Waals surface area contributed by atoms with Crippen LogP contribution in [0.2, 0.25) is 0 Å². The third-order valence-electron chi connectivity index (χ3n) is 3.75. The van der Waals surface area contributed by atoms with Gasteiger partial charge < -0.3 is 15.3 Å². The summed E-state index contributed by atoms with van der Waals surface area (Å²) in [4.78, 5) is 19.7. The van der Waals surface area contributed by atoms with E-state index in [0.29, 0.717) is 16.8 Å². The number of nitrogens with zero attached hydrogens (tertiary/aromatic N) is 2. The predicted octanol–water partition coefficient (Wildman–Crippen LogP) is 3.03. The van der Waals surface area contributed by atoms with Crippen molar-refractivity contribution in [3.63, 3.8) is 0 Å². The number of para-hydroxylation sites is 2. The molecule has 0 aromatic heterocycles. The third kappa shape index (κ3) is 5.07. The minimum atomic E-state index is -1.10. The molecule has 28 heavy (non-hydrogen) atoms. The molecule has 3 aromatic rings. The van der Waals surface area contributed by atoms with Gasteiger partial charge in [0.25, 0.3) is 0 Å². The van der Waals surface area contributed by atoms with Crippen molar-refractivity contribution < 1.29 is 37.2 Å². The van der Waals surface area contributed by atoms with Gasteiger partial charge in [0.2, 0.25) is 0 Å². The molecule has 0 radical (unpaired) electrons. The van der Waals surface area contributed by atoms with E-state index in [1.165, 1.54) is 42.8 Å². The number of carbonyl (C=O) groups is 1.